The van der Waals surface area contributed by atoms with Crippen molar-refractivity contribution in [2.45, 2.75) is 64.3 Å². The number of fused-ring (bicyclic) bond motifs is 1. The number of carbonyl (C=O) groups is 1. The predicted molar refractivity (Wildman–Crippen MR) is 119 cm³/mol. The van der Waals surface area contributed by atoms with Crippen molar-refractivity contribution in [2.24, 2.45) is 0 Å². The molecule has 2 saturated heterocycles. The van der Waals surface area contributed by atoms with Crippen molar-refractivity contribution in [3.8, 4) is 0 Å². The molecule has 0 spiro atoms. The van der Waals surface area contributed by atoms with E-state index in [1.807, 2.05) is 6.20 Å². The lowest BCUT2D eigenvalue weighted by atomic mass is 9.91. The van der Waals surface area contributed by atoms with Crippen LogP contribution in [0.5, 0.6) is 0 Å². The highest BCUT2D eigenvalue weighted by atomic mass is 16.5. The Hall–Kier alpha value is -1.77. The molecular weight excluding hydrogens is 392 g/mol. The Morgan fingerprint density at radius 3 is 2.52 bits per heavy atom. The number of rotatable bonds is 4. The third kappa shape index (κ3) is 4.71. The summed E-state index contributed by atoms with van der Waals surface area (Å²) in [4.78, 5) is 31.5. The molecule has 2 atom stereocenters. The average Bonchev–Trinajstić information content (AvgIpc) is 2.72. The number of anilines is 1. The maximum atomic E-state index is 12.9. The third-order valence-electron chi connectivity index (χ3n) is 7.32. The summed E-state index contributed by atoms with van der Waals surface area (Å²) in [5.41, 5.74) is 2.29. The Balaban J connectivity index is 1.14. The number of nitrogens with zero attached hydrogens (tertiary/aromatic N) is 6. The summed E-state index contributed by atoms with van der Waals surface area (Å²) >= 11 is 0. The Morgan fingerprint density at radius 1 is 1.10 bits per heavy atom. The van der Waals surface area contributed by atoms with Crippen LogP contribution in [0, 0.1) is 0 Å². The molecule has 1 amide bonds. The highest BCUT2D eigenvalue weighted by Gasteiger charge is 2.31. The minimum absolute atomic E-state index is 0.195. The van der Waals surface area contributed by atoms with Crippen molar-refractivity contribution in [1.82, 2.24) is 24.7 Å². The van der Waals surface area contributed by atoms with E-state index in [9.17, 15) is 4.79 Å². The molecule has 3 fully saturated rings. The van der Waals surface area contributed by atoms with Crippen molar-refractivity contribution >= 4 is 11.9 Å². The van der Waals surface area contributed by atoms with Crippen molar-refractivity contribution in [2.75, 3.05) is 57.3 Å². The fourth-order valence-electron chi connectivity index (χ4n) is 5.37. The highest BCUT2D eigenvalue weighted by molar-refractivity contribution is 5.78. The summed E-state index contributed by atoms with van der Waals surface area (Å²) in [5.74, 6) is 1.08. The number of hydrogen-bond donors (Lipinski definition) is 0. The Bertz CT molecular complexity index is 782. The molecule has 3 aliphatic heterocycles. The SMILES string of the molecule is CC1CN(c2ncc3c(n2)CCN(CC(=O)N2CCN(C4CCC4)CC2)C3)CC(C)O1. The second-order valence-electron chi connectivity index (χ2n) is 9.77. The first kappa shape index (κ1) is 21.1. The topological polar surface area (TPSA) is 65.0 Å². The van der Waals surface area contributed by atoms with Gasteiger partial charge >= 0.3 is 0 Å². The van der Waals surface area contributed by atoms with Gasteiger partial charge in [0.2, 0.25) is 11.9 Å². The normalized spacial score (nSPS) is 28.3. The summed E-state index contributed by atoms with van der Waals surface area (Å²) in [5, 5.41) is 0. The van der Waals surface area contributed by atoms with Gasteiger partial charge in [-0.2, -0.15) is 0 Å². The van der Waals surface area contributed by atoms with Gasteiger partial charge in [0.05, 0.1) is 24.4 Å². The molecular formula is C23H36N6O2. The minimum Gasteiger partial charge on any atom is -0.372 e. The standard InChI is InChI=1S/C23H36N6O2/c1-17-13-29(14-18(2)31-17)23-24-12-19-15-26(7-6-21(19)25-23)16-22(30)28-10-8-27(9-11-28)20-4-3-5-20/h12,17-18,20H,3-11,13-16H2,1-2H3. The minimum atomic E-state index is 0.195. The molecule has 0 N–H and O–H groups in total. The number of ether oxygens (including phenoxy) is 1. The van der Waals surface area contributed by atoms with E-state index in [4.69, 9.17) is 9.72 Å². The van der Waals surface area contributed by atoms with Gasteiger partial charge in [-0.1, -0.05) is 6.42 Å². The zero-order valence-corrected chi connectivity index (χ0v) is 19.0. The van der Waals surface area contributed by atoms with Gasteiger partial charge in [-0.15, -0.1) is 0 Å². The molecule has 8 heteroatoms. The van der Waals surface area contributed by atoms with Crippen molar-refractivity contribution in [3.63, 3.8) is 0 Å². The number of amides is 1. The van der Waals surface area contributed by atoms with E-state index in [2.05, 4.69) is 38.4 Å². The Labute approximate surface area is 185 Å². The molecule has 170 valence electrons. The summed E-state index contributed by atoms with van der Waals surface area (Å²) < 4.78 is 5.84. The van der Waals surface area contributed by atoms with Crippen LogP contribution in [0.4, 0.5) is 5.95 Å². The van der Waals surface area contributed by atoms with Crippen LogP contribution < -0.4 is 4.90 Å². The van der Waals surface area contributed by atoms with Gasteiger partial charge in [-0.25, -0.2) is 9.97 Å². The quantitative estimate of drug-likeness (QED) is 0.713. The second-order valence-corrected chi connectivity index (χ2v) is 9.77. The van der Waals surface area contributed by atoms with Gasteiger partial charge in [0.25, 0.3) is 0 Å². The molecule has 1 aromatic heterocycles. The number of morpholine rings is 1. The first-order chi connectivity index (χ1) is 15.0. The number of hydrogen-bond acceptors (Lipinski definition) is 7. The molecule has 1 saturated carbocycles. The lowest BCUT2D eigenvalue weighted by Gasteiger charge is -2.43. The van der Waals surface area contributed by atoms with Crippen LogP contribution in [-0.4, -0.2) is 101 Å². The second kappa shape index (κ2) is 9.00. The Morgan fingerprint density at radius 2 is 1.84 bits per heavy atom. The van der Waals surface area contributed by atoms with E-state index in [1.54, 1.807) is 0 Å². The van der Waals surface area contributed by atoms with Gasteiger partial charge in [0.1, 0.15) is 0 Å². The maximum Gasteiger partial charge on any atom is 0.236 e. The first-order valence-electron chi connectivity index (χ1n) is 12.0. The van der Waals surface area contributed by atoms with Crippen LogP contribution >= 0.6 is 0 Å². The van der Waals surface area contributed by atoms with E-state index >= 15 is 0 Å². The Kier molecular flexibility index (Phi) is 6.12. The van der Waals surface area contributed by atoms with Crippen LogP contribution in [-0.2, 0) is 22.5 Å². The monoisotopic (exact) mass is 428 g/mol. The van der Waals surface area contributed by atoms with Gasteiger partial charge < -0.3 is 14.5 Å². The molecule has 31 heavy (non-hydrogen) atoms. The summed E-state index contributed by atoms with van der Waals surface area (Å²) in [7, 11) is 0. The van der Waals surface area contributed by atoms with Gasteiger partial charge in [0, 0.05) is 76.6 Å². The third-order valence-corrected chi connectivity index (χ3v) is 7.32. The van der Waals surface area contributed by atoms with Crippen molar-refractivity contribution in [3.05, 3.63) is 17.5 Å². The van der Waals surface area contributed by atoms with Gasteiger partial charge in [0.15, 0.2) is 0 Å². The summed E-state index contributed by atoms with van der Waals surface area (Å²) in [6, 6.07) is 0.782. The van der Waals surface area contributed by atoms with Crippen LogP contribution in [0.2, 0.25) is 0 Å². The molecule has 1 aliphatic carbocycles. The van der Waals surface area contributed by atoms with E-state index < -0.39 is 0 Å². The molecule has 0 bridgehead atoms. The molecule has 4 heterocycles. The first-order valence-corrected chi connectivity index (χ1v) is 12.0. The smallest absolute Gasteiger partial charge is 0.236 e. The van der Waals surface area contributed by atoms with Gasteiger partial charge in [-0.05, 0) is 26.7 Å². The van der Waals surface area contributed by atoms with Crippen LogP contribution in [0.3, 0.4) is 0 Å². The van der Waals surface area contributed by atoms with Crippen LogP contribution in [0.15, 0.2) is 6.20 Å². The molecule has 5 rings (SSSR count). The number of carbonyl (C=O) groups excluding carboxylic acids is 1. The van der Waals surface area contributed by atoms with E-state index in [0.717, 1.165) is 82.0 Å². The van der Waals surface area contributed by atoms with Crippen LogP contribution in [0.1, 0.15) is 44.4 Å². The fraction of sp³-hybridized carbons (Fsp3) is 0.783. The summed E-state index contributed by atoms with van der Waals surface area (Å²) in [6.07, 6.45) is 7.29. The summed E-state index contributed by atoms with van der Waals surface area (Å²) in [6.45, 7) is 11.8. The molecule has 8 nitrogen and oxygen atoms in total. The zero-order valence-electron chi connectivity index (χ0n) is 19.0. The van der Waals surface area contributed by atoms with Crippen LogP contribution in [0.25, 0.3) is 0 Å². The molecule has 0 radical (unpaired) electrons. The van der Waals surface area contributed by atoms with Gasteiger partial charge in [-0.3, -0.25) is 14.6 Å². The van der Waals surface area contributed by atoms with Crippen molar-refractivity contribution < 1.29 is 9.53 Å². The molecule has 4 aliphatic rings. The number of aromatic nitrogens is 2. The highest BCUT2D eigenvalue weighted by Crippen LogP contribution is 2.26. The lowest BCUT2D eigenvalue weighted by Crippen LogP contribution is -2.55. The lowest BCUT2D eigenvalue weighted by molar-refractivity contribution is -0.135. The van der Waals surface area contributed by atoms with Crippen molar-refractivity contribution in [1.29, 1.82) is 0 Å². The maximum absolute atomic E-state index is 12.9. The fourth-order valence-corrected chi connectivity index (χ4v) is 5.37. The molecule has 2 unspecified atom stereocenters. The van der Waals surface area contributed by atoms with E-state index in [0.29, 0.717) is 6.54 Å². The average molecular weight is 429 g/mol. The molecule has 1 aromatic rings. The molecule has 0 aromatic carbocycles. The largest absolute Gasteiger partial charge is 0.372 e. The zero-order chi connectivity index (χ0) is 21.4. The van der Waals surface area contributed by atoms with E-state index in [-0.39, 0.29) is 18.1 Å². The predicted octanol–water partition coefficient (Wildman–Crippen LogP) is 1.15. The van der Waals surface area contributed by atoms with E-state index in [1.165, 1.54) is 19.3 Å². The number of piperazine rings is 1.